The van der Waals surface area contributed by atoms with Gasteiger partial charge in [-0.15, -0.1) is 22.7 Å². The standard InChI is InChI=1S/C31H21NS2/c1-31(2)24-8-5-7-21-22-16-18(10-12-25(22)32(29(21)24)26-14-15-33-30(26)31)19-11-13-28-23(17-19)20-6-3-4-9-27(20)34-28/h3-17H,1-2H3. The van der Waals surface area contributed by atoms with Crippen molar-refractivity contribution in [1.82, 2.24) is 4.57 Å². The number of fused-ring (bicyclic) bond motifs is 8. The van der Waals surface area contributed by atoms with E-state index in [0.29, 0.717) is 0 Å². The van der Waals surface area contributed by atoms with Crippen LogP contribution in [0.3, 0.4) is 0 Å². The zero-order valence-corrected chi connectivity index (χ0v) is 20.6. The van der Waals surface area contributed by atoms with E-state index in [1.54, 1.807) is 0 Å². The van der Waals surface area contributed by atoms with Crippen molar-refractivity contribution >= 4 is 64.7 Å². The fraction of sp³-hybridized carbons (Fsp3) is 0.0968. The molecule has 0 saturated carbocycles. The van der Waals surface area contributed by atoms with Crippen LogP contribution in [0, 0.1) is 0 Å². The van der Waals surface area contributed by atoms with Crippen molar-refractivity contribution in [2.75, 3.05) is 0 Å². The van der Waals surface area contributed by atoms with Crippen LogP contribution < -0.4 is 0 Å². The van der Waals surface area contributed by atoms with Gasteiger partial charge < -0.3 is 4.57 Å². The number of aromatic nitrogens is 1. The second kappa shape index (κ2) is 6.38. The molecule has 4 aromatic carbocycles. The maximum atomic E-state index is 2.50. The zero-order valence-electron chi connectivity index (χ0n) is 18.9. The number of benzene rings is 4. The molecule has 0 radical (unpaired) electrons. The highest BCUT2D eigenvalue weighted by Gasteiger charge is 2.36. The van der Waals surface area contributed by atoms with Crippen LogP contribution in [0.4, 0.5) is 0 Å². The van der Waals surface area contributed by atoms with E-state index in [4.69, 9.17) is 0 Å². The summed E-state index contributed by atoms with van der Waals surface area (Å²) < 4.78 is 5.20. The Bertz CT molecular complexity index is 1940. The third-order valence-corrected chi connectivity index (χ3v) is 10.0. The number of hydrogen-bond donors (Lipinski definition) is 0. The van der Waals surface area contributed by atoms with Gasteiger partial charge in [0.1, 0.15) is 0 Å². The lowest BCUT2D eigenvalue weighted by Crippen LogP contribution is -2.24. The summed E-state index contributed by atoms with van der Waals surface area (Å²) in [7, 11) is 0. The number of rotatable bonds is 1. The van der Waals surface area contributed by atoms with E-state index in [2.05, 4.69) is 109 Å². The molecule has 0 bridgehead atoms. The molecule has 0 N–H and O–H groups in total. The Balaban J connectivity index is 1.43. The summed E-state index contributed by atoms with van der Waals surface area (Å²) in [4.78, 5) is 1.45. The molecule has 3 aromatic heterocycles. The smallest absolute Gasteiger partial charge is 0.0610 e. The molecule has 0 aliphatic carbocycles. The average molecular weight is 472 g/mol. The SMILES string of the molecule is CC1(C)c2sccc2-n2c3ccc(-c4ccc5sc6ccccc6c5c4)cc3c3cccc1c32. The Labute approximate surface area is 205 Å². The Hall–Kier alpha value is -3.40. The topological polar surface area (TPSA) is 4.93 Å². The molecule has 3 heteroatoms. The number of hydrogen-bond acceptors (Lipinski definition) is 2. The summed E-state index contributed by atoms with van der Waals surface area (Å²) >= 11 is 3.75. The van der Waals surface area contributed by atoms with Gasteiger partial charge in [-0.3, -0.25) is 0 Å². The molecule has 7 aromatic rings. The van der Waals surface area contributed by atoms with Gasteiger partial charge in [-0.2, -0.15) is 0 Å². The van der Waals surface area contributed by atoms with Crippen molar-refractivity contribution in [3.05, 3.63) is 101 Å². The summed E-state index contributed by atoms with van der Waals surface area (Å²) in [6.07, 6.45) is 0. The summed E-state index contributed by atoms with van der Waals surface area (Å²) in [6.45, 7) is 4.73. The van der Waals surface area contributed by atoms with Crippen LogP contribution in [0.25, 0.3) is 58.8 Å². The van der Waals surface area contributed by atoms with Crippen molar-refractivity contribution in [3.63, 3.8) is 0 Å². The van der Waals surface area contributed by atoms with Crippen molar-refractivity contribution in [2.45, 2.75) is 19.3 Å². The minimum Gasteiger partial charge on any atom is -0.308 e. The molecule has 0 amide bonds. The predicted molar refractivity (Wildman–Crippen MR) is 149 cm³/mol. The van der Waals surface area contributed by atoms with Crippen LogP contribution in [0.15, 0.2) is 90.3 Å². The van der Waals surface area contributed by atoms with Gasteiger partial charge >= 0.3 is 0 Å². The second-order valence-electron chi connectivity index (χ2n) is 9.84. The Morgan fingerprint density at radius 3 is 2.35 bits per heavy atom. The highest BCUT2D eigenvalue weighted by Crippen LogP contribution is 2.49. The van der Waals surface area contributed by atoms with Gasteiger partial charge in [-0.25, -0.2) is 0 Å². The first-order valence-electron chi connectivity index (χ1n) is 11.7. The van der Waals surface area contributed by atoms with E-state index < -0.39 is 0 Å². The highest BCUT2D eigenvalue weighted by molar-refractivity contribution is 7.25. The monoisotopic (exact) mass is 471 g/mol. The van der Waals surface area contributed by atoms with Gasteiger partial charge in [0.05, 0.1) is 16.7 Å². The third-order valence-electron chi connectivity index (χ3n) is 7.62. The van der Waals surface area contributed by atoms with E-state index in [0.717, 1.165) is 0 Å². The third kappa shape index (κ3) is 2.29. The lowest BCUT2D eigenvalue weighted by molar-refractivity contribution is 0.646. The van der Waals surface area contributed by atoms with Gasteiger partial charge in [0.25, 0.3) is 0 Å². The molecule has 1 nitrogen and oxygen atoms in total. The molecular formula is C31H21NS2. The summed E-state index contributed by atoms with van der Waals surface area (Å²) in [5.74, 6) is 0. The van der Waals surface area contributed by atoms with E-state index in [1.807, 2.05) is 22.7 Å². The maximum absolute atomic E-state index is 2.50. The van der Waals surface area contributed by atoms with Crippen LogP contribution in [0.1, 0.15) is 24.3 Å². The largest absolute Gasteiger partial charge is 0.308 e. The summed E-state index contributed by atoms with van der Waals surface area (Å²) in [5.41, 5.74) is 7.99. The highest BCUT2D eigenvalue weighted by atomic mass is 32.1. The Morgan fingerprint density at radius 1 is 0.676 bits per heavy atom. The fourth-order valence-electron chi connectivity index (χ4n) is 5.98. The van der Waals surface area contributed by atoms with Crippen LogP contribution in [-0.2, 0) is 5.41 Å². The zero-order chi connectivity index (χ0) is 22.6. The Kier molecular flexibility index (Phi) is 3.56. The van der Waals surface area contributed by atoms with Crippen LogP contribution in [0.5, 0.6) is 0 Å². The molecule has 1 aliphatic rings. The first-order chi connectivity index (χ1) is 16.6. The summed E-state index contributed by atoms with van der Waals surface area (Å²) in [6, 6.07) is 31.8. The second-order valence-corrected chi connectivity index (χ2v) is 11.8. The minimum atomic E-state index is 0.0151. The molecular weight excluding hydrogens is 450 g/mol. The molecule has 0 unspecified atom stereocenters. The van der Waals surface area contributed by atoms with Gasteiger partial charge in [0.15, 0.2) is 0 Å². The van der Waals surface area contributed by atoms with Crippen molar-refractivity contribution < 1.29 is 0 Å². The number of thiophene rings is 2. The van der Waals surface area contributed by atoms with Gasteiger partial charge in [-0.05, 0) is 58.5 Å². The molecule has 1 aliphatic heterocycles. The summed E-state index contributed by atoms with van der Waals surface area (Å²) in [5, 5.41) is 7.63. The molecule has 0 saturated heterocycles. The number of nitrogens with zero attached hydrogens (tertiary/aromatic N) is 1. The van der Waals surface area contributed by atoms with E-state index in [9.17, 15) is 0 Å². The first-order valence-corrected chi connectivity index (χ1v) is 13.4. The normalized spacial score (nSPS) is 14.4. The average Bonchev–Trinajstić information content (AvgIpc) is 3.56. The van der Waals surface area contributed by atoms with E-state index in [-0.39, 0.29) is 5.41 Å². The predicted octanol–water partition coefficient (Wildman–Crippen LogP) is 9.52. The fourth-order valence-corrected chi connectivity index (χ4v) is 8.08. The maximum Gasteiger partial charge on any atom is 0.0610 e. The van der Waals surface area contributed by atoms with Crippen LogP contribution in [-0.4, -0.2) is 4.57 Å². The van der Waals surface area contributed by atoms with Gasteiger partial charge in [0, 0.05) is 41.2 Å². The van der Waals surface area contributed by atoms with Crippen molar-refractivity contribution in [1.29, 1.82) is 0 Å². The van der Waals surface area contributed by atoms with Gasteiger partial charge in [-0.1, -0.05) is 62.4 Å². The van der Waals surface area contributed by atoms with Crippen LogP contribution in [0.2, 0.25) is 0 Å². The lowest BCUT2D eigenvalue weighted by Gasteiger charge is -2.32. The molecule has 34 heavy (non-hydrogen) atoms. The van der Waals surface area contributed by atoms with Gasteiger partial charge in [0.2, 0.25) is 0 Å². The molecule has 4 heterocycles. The van der Waals surface area contributed by atoms with E-state index >= 15 is 0 Å². The van der Waals surface area contributed by atoms with E-state index in [1.165, 1.54) is 69.2 Å². The first kappa shape index (κ1) is 19.0. The lowest BCUT2D eigenvalue weighted by atomic mass is 9.79. The van der Waals surface area contributed by atoms with Crippen molar-refractivity contribution in [2.24, 2.45) is 0 Å². The number of para-hydroxylation sites is 1. The van der Waals surface area contributed by atoms with Crippen molar-refractivity contribution in [3.8, 4) is 16.8 Å². The quantitative estimate of drug-likeness (QED) is 0.225. The molecule has 0 spiro atoms. The molecule has 0 fully saturated rings. The molecule has 0 atom stereocenters. The molecule has 8 rings (SSSR count). The minimum absolute atomic E-state index is 0.0151. The molecule has 162 valence electrons. The van der Waals surface area contributed by atoms with Crippen LogP contribution >= 0.6 is 22.7 Å². The Morgan fingerprint density at radius 2 is 1.44 bits per heavy atom.